The van der Waals surface area contributed by atoms with Gasteiger partial charge < -0.3 is 15.3 Å². The van der Waals surface area contributed by atoms with Crippen molar-refractivity contribution in [1.29, 1.82) is 0 Å². The lowest BCUT2D eigenvalue weighted by Crippen LogP contribution is -2.28. The first kappa shape index (κ1) is 17.9. The summed E-state index contributed by atoms with van der Waals surface area (Å²) in [5, 5.41) is 11.3. The zero-order chi connectivity index (χ0) is 16.5. The van der Waals surface area contributed by atoms with Crippen molar-refractivity contribution in [3.8, 4) is 0 Å². The predicted molar refractivity (Wildman–Crippen MR) is 93.0 cm³/mol. The average Bonchev–Trinajstić information content (AvgIpc) is 3.08. The minimum absolute atomic E-state index is 0.157. The smallest absolute Gasteiger partial charge is 0.304 e. The number of hydrogen-bond donors (Lipinski definition) is 2. The van der Waals surface area contributed by atoms with Gasteiger partial charge in [0.25, 0.3) is 5.91 Å². The second-order valence-corrected chi connectivity index (χ2v) is 7.68. The van der Waals surface area contributed by atoms with Crippen LogP contribution in [0.3, 0.4) is 0 Å². The normalized spacial score (nSPS) is 14.0. The molecule has 1 aromatic heterocycles. The Balaban J connectivity index is 1.69. The van der Waals surface area contributed by atoms with Gasteiger partial charge in [-0.25, -0.2) is 9.97 Å². The summed E-state index contributed by atoms with van der Waals surface area (Å²) in [5.41, 5.74) is 0.380. The molecule has 0 atom stereocenters. The summed E-state index contributed by atoms with van der Waals surface area (Å²) < 4.78 is 0. The second-order valence-electron chi connectivity index (χ2n) is 4.98. The average molecular weight is 356 g/mol. The Hall–Kier alpha value is -1.48. The van der Waals surface area contributed by atoms with E-state index in [1.807, 2.05) is 0 Å². The van der Waals surface area contributed by atoms with Crippen molar-refractivity contribution in [2.75, 3.05) is 36.0 Å². The highest BCUT2D eigenvalue weighted by Crippen LogP contribution is 2.21. The summed E-state index contributed by atoms with van der Waals surface area (Å²) >= 11 is 0. The number of hydrogen-bond acceptors (Lipinski definition) is 7. The number of nitrogens with zero attached hydrogens (tertiary/aromatic N) is 3. The fraction of sp³-hybridized carbons (Fsp3) is 0.571. The van der Waals surface area contributed by atoms with Gasteiger partial charge in [0.1, 0.15) is 5.69 Å². The van der Waals surface area contributed by atoms with E-state index >= 15 is 0 Å². The van der Waals surface area contributed by atoms with Crippen LogP contribution >= 0.6 is 21.6 Å². The number of carboxylic acids is 1. The number of nitrogens with one attached hydrogen (secondary N) is 1. The highest BCUT2D eigenvalue weighted by molar-refractivity contribution is 8.76. The molecule has 0 unspecified atom stereocenters. The Bertz CT molecular complexity index is 539. The molecule has 1 aliphatic heterocycles. The lowest BCUT2D eigenvalue weighted by molar-refractivity contribution is -0.136. The van der Waals surface area contributed by atoms with E-state index in [0.717, 1.165) is 31.7 Å². The monoisotopic (exact) mass is 356 g/mol. The van der Waals surface area contributed by atoms with Crippen molar-refractivity contribution in [1.82, 2.24) is 15.3 Å². The number of rotatable bonds is 9. The molecule has 23 heavy (non-hydrogen) atoms. The summed E-state index contributed by atoms with van der Waals surface area (Å²) in [6, 6.07) is 1.61. The number of aromatic nitrogens is 2. The Labute approximate surface area is 143 Å². The molecule has 2 N–H and O–H groups in total. The molecule has 0 radical (unpaired) electrons. The van der Waals surface area contributed by atoms with E-state index < -0.39 is 5.97 Å². The van der Waals surface area contributed by atoms with E-state index in [0.29, 0.717) is 23.9 Å². The predicted octanol–water partition coefficient (Wildman–Crippen LogP) is 1.66. The van der Waals surface area contributed by atoms with Gasteiger partial charge in [0.15, 0.2) is 0 Å². The van der Waals surface area contributed by atoms with E-state index in [1.165, 1.54) is 10.8 Å². The first-order valence-electron chi connectivity index (χ1n) is 7.49. The quantitative estimate of drug-likeness (QED) is 0.509. The molecular weight excluding hydrogens is 336 g/mol. The van der Waals surface area contributed by atoms with Crippen LogP contribution in [0.5, 0.6) is 0 Å². The van der Waals surface area contributed by atoms with Gasteiger partial charge >= 0.3 is 5.97 Å². The fourth-order valence-corrected chi connectivity index (χ4v) is 3.97. The van der Waals surface area contributed by atoms with Crippen LogP contribution in [0.25, 0.3) is 0 Å². The van der Waals surface area contributed by atoms with E-state index in [9.17, 15) is 9.59 Å². The SMILES string of the molecule is O=C(O)CCSSCCNC(=O)c1ccnc(N2CCCC2)n1. The maximum absolute atomic E-state index is 12.1. The van der Waals surface area contributed by atoms with Crippen LogP contribution in [-0.4, -0.2) is 58.1 Å². The number of carboxylic acid groups (broad SMARTS) is 1. The van der Waals surface area contributed by atoms with Gasteiger partial charge in [-0.05, 0) is 18.9 Å². The van der Waals surface area contributed by atoms with Crippen LogP contribution < -0.4 is 10.2 Å². The Morgan fingerprint density at radius 2 is 2.00 bits per heavy atom. The molecule has 126 valence electrons. The number of amides is 1. The van der Waals surface area contributed by atoms with Crippen molar-refractivity contribution in [3.05, 3.63) is 18.0 Å². The molecule has 1 aliphatic rings. The van der Waals surface area contributed by atoms with E-state index in [-0.39, 0.29) is 12.3 Å². The molecule has 1 saturated heterocycles. The first-order valence-corrected chi connectivity index (χ1v) is 9.98. The third kappa shape index (κ3) is 6.26. The van der Waals surface area contributed by atoms with Crippen LogP contribution in [0.1, 0.15) is 29.8 Å². The number of carbonyl (C=O) groups is 2. The maximum Gasteiger partial charge on any atom is 0.304 e. The van der Waals surface area contributed by atoms with Crippen LogP contribution in [0, 0.1) is 0 Å². The third-order valence-corrected chi connectivity index (χ3v) is 5.63. The van der Waals surface area contributed by atoms with Crippen LogP contribution in [0.2, 0.25) is 0 Å². The van der Waals surface area contributed by atoms with Crippen molar-refractivity contribution in [3.63, 3.8) is 0 Å². The van der Waals surface area contributed by atoms with Crippen LogP contribution in [-0.2, 0) is 4.79 Å². The van der Waals surface area contributed by atoms with Crippen molar-refractivity contribution in [2.24, 2.45) is 0 Å². The lowest BCUT2D eigenvalue weighted by Gasteiger charge is -2.15. The minimum Gasteiger partial charge on any atom is -0.481 e. The molecule has 0 aliphatic carbocycles. The summed E-state index contributed by atoms with van der Waals surface area (Å²) in [5.74, 6) is 0.917. The molecule has 1 fully saturated rings. The summed E-state index contributed by atoms with van der Waals surface area (Å²) in [7, 11) is 3.05. The molecule has 0 spiro atoms. The molecule has 2 rings (SSSR count). The highest BCUT2D eigenvalue weighted by atomic mass is 33.1. The van der Waals surface area contributed by atoms with Gasteiger partial charge in [-0.15, -0.1) is 0 Å². The van der Waals surface area contributed by atoms with Gasteiger partial charge in [0.2, 0.25) is 5.95 Å². The Morgan fingerprint density at radius 3 is 2.74 bits per heavy atom. The number of carbonyl (C=O) groups excluding carboxylic acids is 1. The van der Waals surface area contributed by atoms with Crippen LogP contribution in [0.4, 0.5) is 5.95 Å². The molecule has 2 heterocycles. The van der Waals surface area contributed by atoms with Crippen molar-refractivity contribution in [2.45, 2.75) is 19.3 Å². The van der Waals surface area contributed by atoms with E-state index in [1.54, 1.807) is 23.1 Å². The highest BCUT2D eigenvalue weighted by Gasteiger charge is 2.16. The lowest BCUT2D eigenvalue weighted by atomic mass is 10.4. The van der Waals surface area contributed by atoms with Gasteiger partial charge in [-0.3, -0.25) is 9.59 Å². The summed E-state index contributed by atoms with van der Waals surface area (Å²) in [4.78, 5) is 33.1. The number of anilines is 1. The molecule has 7 nitrogen and oxygen atoms in total. The first-order chi connectivity index (χ1) is 11.2. The topological polar surface area (TPSA) is 95.4 Å². The maximum atomic E-state index is 12.1. The van der Waals surface area contributed by atoms with Gasteiger partial charge in [-0.2, -0.15) is 0 Å². The zero-order valence-corrected chi connectivity index (χ0v) is 14.4. The minimum atomic E-state index is -0.788. The largest absolute Gasteiger partial charge is 0.481 e. The summed E-state index contributed by atoms with van der Waals surface area (Å²) in [6.07, 6.45) is 4.05. The van der Waals surface area contributed by atoms with E-state index in [2.05, 4.69) is 20.2 Å². The zero-order valence-electron chi connectivity index (χ0n) is 12.7. The fourth-order valence-electron chi connectivity index (χ4n) is 2.09. The second kappa shape index (κ2) is 9.61. The van der Waals surface area contributed by atoms with Crippen LogP contribution in [0.15, 0.2) is 12.3 Å². The number of aliphatic carboxylic acids is 1. The van der Waals surface area contributed by atoms with E-state index in [4.69, 9.17) is 5.11 Å². The molecule has 0 aromatic carbocycles. The Kier molecular flexibility index (Phi) is 7.47. The third-order valence-electron chi connectivity index (χ3n) is 3.22. The van der Waals surface area contributed by atoms with Gasteiger partial charge in [0, 0.05) is 37.3 Å². The molecule has 0 bridgehead atoms. The van der Waals surface area contributed by atoms with Gasteiger partial charge in [-0.1, -0.05) is 21.6 Å². The standard InChI is InChI=1S/C14H20N4O3S2/c19-12(20)4-9-22-23-10-6-15-13(21)11-3-5-16-14(17-11)18-7-1-2-8-18/h3,5H,1-2,4,6-10H2,(H,15,21)(H,19,20). The van der Waals surface area contributed by atoms with Crippen molar-refractivity contribution < 1.29 is 14.7 Å². The molecule has 1 aromatic rings. The molecule has 9 heteroatoms. The molecule has 1 amide bonds. The van der Waals surface area contributed by atoms with Gasteiger partial charge in [0.05, 0.1) is 6.42 Å². The molecule has 0 saturated carbocycles. The molecular formula is C14H20N4O3S2. The summed E-state index contributed by atoms with van der Waals surface area (Å²) in [6.45, 7) is 2.40. The Morgan fingerprint density at radius 1 is 1.26 bits per heavy atom. The van der Waals surface area contributed by atoms with Crippen molar-refractivity contribution >= 4 is 39.4 Å².